The van der Waals surface area contributed by atoms with Crippen LogP contribution >= 0.6 is 27.5 Å². The Balaban J connectivity index is 2.52. The molecule has 1 nitrogen and oxygen atoms in total. The van der Waals surface area contributed by atoms with E-state index in [0.29, 0.717) is 0 Å². The fourth-order valence-corrected chi connectivity index (χ4v) is 2.56. The van der Waals surface area contributed by atoms with Gasteiger partial charge in [0, 0.05) is 0 Å². The molecule has 0 bridgehead atoms. The van der Waals surface area contributed by atoms with Crippen molar-refractivity contribution in [3.05, 3.63) is 40.5 Å². The molecule has 0 amide bonds. The summed E-state index contributed by atoms with van der Waals surface area (Å²) in [7, 11) is 0. The molecule has 0 saturated carbocycles. The summed E-state index contributed by atoms with van der Waals surface area (Å²) >= 11 is 4.87. The number of halogens is 1. The average molecular weight is 254 g/mol. The van der Waals surface area contributed by atoms with Gasteiger partial charge in [0.1, 0.15) is 4.60 Å². The molecule has 0 aliphatic carbocycles. The molecule has 0 fully saturated rings. The molecule has 0 aliphatic heterocycles. The molecule has 0 radical (unpaired) electrons. The van der Waals surface area contributed by atoms with E-state index >= 15 is 0 Å². The van der Waals surface area contributed by atoms with Crippen LogP contribution < -0.4 is 0 Å². The minimum atomic E-state index is 0.913. The lowest BCUT2D eigenvalue weighted by Gasteiger charge is -1.99. The first-order chi connectivity index (χ1) is 6.27. The molecule has 1 aromatic carbocycles. The van der Waals surface area contributed by atoms with E-state index in [9.17, 15) is 0 Å². The van der Waals surface area contributed by atoms with Gasteiger partial charge in [-0.15, -0.1) is 0 Å². The van der Waals surface area contributed by atoms with Crippen LogP contribution in [0.5, 0.6) is 0 Å². The molecule has 0 spiro atoms. The zero-order valence-corrected chi connectivity index (χ0v) is 9.52. The van der Waals surface area contributed by atoms with E-state index in [0.717, 1.165) is 4.60 Å². The first-order valence-corrected chi connectivity index (χ1v) is 5.52. The molecule has 2 rings (SSSR count). The van der Waals surface area contributed by atoms with Gasteiger partial charge < -0.3 is 0 Å². The van der Waals surface area contributed by atoms with Crippen LogP contribution in [0.15, 0.2) is 34.9 Å². The van der Waals surface area contributed by atoms with Crippen molar-refractivity contribution in [2.24, 2.45) is 0 Å². The largest absolute Gasteiger partial charge is 0.185 e. The smallest absolute Gasteiger partial charge is 0.120 e. The number of benzene rings is 1. The summed E-state index contributed by atoms with van der Waals surface area (Å²) in [5.41, 5.74) is 2.56. The fraction of sp³-hybridized carbons (Fsp3) is 0.100. The van der Waals surface area contributed by atoms with E-state index < -0.39 is 0 Å². The Hall–Kier alpha value is -0.670. The Morgan fingerprint density at radius 1 is 1.31 bits per heavy atom. The van der Waals surface area contributed by atoms with E-state index in [1.54, 1.807) is 0 Å². The van der Waals surface area contributed by atoms with E-state index in [2.05, 4.69) is 51.5 Å². The molecular weight excluding hydrogens is 246 g/mol. The van der Waals surface area contributed by atoms with Gasteiger partial charge in [0.2, 0.25) is 0 Å². The third kappa shape index (κ3) is 1.81. The van der Waals surface area contributed by atoms with Gasteiger partial charge in [0.15, 0.2) is 0 Å². The summed E-state index contributed by atoms with van der Waals surface area (Å²) in [4.78, 5) is 1.21. The maximum absolute atomic E-state index is 4.19. The topological polar surface area (TPSA) is 12.9 Å². The van der Waals surface area contributed by atoms with E-state index in [1.807, 2.05) is 6.07 Å². The van der Waals surface area contributed by atoms with Gasteiger partial charge in [-0.1, -0.05) is 24.3 Å². The summed E-state index contributed by atoms with van der Waals surface area (Å²) in [5.74, 6) is 0. The second kappa shape index (κ2) is 3.60. The normalized spacial score (nSPS) is 10.3. The van der Waals surface area contributed by atoms with Crippen molar-refractivity contribution in [3.63, 3.8) is 0 Å². The third-order valence-corrected chi connectivity index (χ3v) is 3.36. The molecule has 66 valence electrons. The van der Waals surface area contributed by atoms with E-state index in [-0.39, 0.29) is 0 Å². The Labute approximate surface area is 89.7 Å². The van der Waals surface area contributed by atoms with Crippen molar-refractivity contribution in [1.29, 1.82) is 0 Å². The van der Waals surface area contributed by atoms with Crippen molar-refractivity contribution in [1.82, 2.24) is 4.37 Å². The van der Waals surface area contributed by atoms with Crippen molar-refractivity contribution in [2.45, 2.75) is 6.92 Å². The van der Waals surface area contributed by atoms with Crippen molar-refractivity contribution >= 4 is 27.5 Å². The number of hydrogen-bond acceptors (Lipinski definition) is 2. The number of rotatable bonds is 1. The SMILES string of the molecule is Cc1ccccc1-c1cc(Br)ns1. The van der Waals surface area contributed by atoms with Gasteiger partial charge in [-0.05, 0) is 51.6 Å². The summed E-state index contributed by atoms with van der Waals surface area (Å²) in [6.45, 7) is 2.11. The third-order valence-electron chi connectivity index (χ3n) is 1.89. The van der Waals surface area contributed by atoms with Gasteiger partial charge in [-0.25, -0.2) is 0 Å². The van der Waals surface area contributed by atoms with Crippen molar-refractivity contribution < 1.29 is 0 Å². The zero-order valence-electron chi connectivity index (χ0n) is 7.12. The summed E-state index contributed by atoms with van der Waals surface area (Å²) < 4.78 is 5.11. The van der Waals surface area contributed by atoms with E-state index in [4.69, 9.17) is 0 Å². The highest BCUT2D eigenvalue weighted by atomic mass is 79.9. The van der Waals surface area contributed by atoms with Crippen LogP contribution in [0.25, 0.3) is 10.4 Å². The number of nitrogens with zero attached hydrogens (tertiary/aromatic N) is 1. The number of hydrogen-bond donors (Lipinski definition) is 0. The predicted molar refractivity (Wildman–Crippen MR) is 60.0 cm³/mol. The molecule has 0 aliphatic rings. The van der Waals surface area contributed by atoms with Crippen LogP contribution in [0.4, 0.5) is 0 Å². The second-order valence-corrected chi connectivity index (χ2v) is 4.45. The number of aryl methyl sites for hydroxylation is 1. The summed E-state index contributed by atoms with van der Waals surface area (Å²) in [5, 5.41) is 0. The highest BCUT2D eigenvalue weighted by molar-refractivity contribution is 9.10. The molecule has 13 heavy (non-hydrogen) atoms. The standard InChI is InChI=1S/C10H8BrNS/c1-7-4-2-3-5-8(7)9-6-10(11)12-13-9/h2-6H,1H3. The summed E-state index contributed by atoms with van der Waals surface area (Å²) in [6, 6.07) is 10.4. The van der Waals surface area contributed by atoms with Crippen LogP contribution in [-0.2, 0) is 0 Å². The fourth-order valence-electron chi connectivity index (χ4n) is 1.23. The Kier molecular flexibility index (Phi) is 2.47. The molecule has 3 heteroatoms. The zero-order chi connectivity index (χ0) is 9.26. The predicted octanol–water partition coefficient (Wildman–Crippen LogP) is 3.88. The lowest BCUT2D eigenvalue weighted by molar-refractivity contribution is 1.47. The lowest BCUT2D eigenvalue weighted by atomic mass is 10.1. The van der Waals surface area contributed by atoms with Crippen LogP contribution in [0.1, 0.15) is 5.56 Å². The first kappa shape index (κ1) is 8.91. The highest BCUT2D eigenvalue weighted by Crippen LogP contribution is 2.29. The maximum atomic E-state index is 4.19. The molecule has 0 unspecified atom stereocenters. The summed E-state index contributed by atoms with van der Waals surface area (Å²) in [6.07, 6.45) is 0. The second-order valence-electron chi connectivity index (χ2n) is 2.83. The van der Waals surface area contributed by atoms with Gasteiger partial charge in [0.25, 0.3) is 0 Å². The lowest BCUT2D eigenvalue weighted by Crippen LogP contribution is -1.77. The highest BCUT2D eigenvalue weighted by Gasteiger charge is 2.03. The quantitative estimate of drug-likeness (QED) is 0.752. The van der Waals surface area contributed by atoms with Crippen LogP contribution in [0.2, 0.25) is 0 Å². The van der Waals surface area contributed by atoms with Crippen LogP contribution in [0.3, 0.4) is 0 Å². The monoisotopic (exact) mass is 253 g/mol. The molecule has 1 heterocycles. The van der Waals surface area contributed by atoms with Gasteiger partial charge in [-0.3, -0.25) is 0 Å². The number of aromatic nitrogens is 1. The average Bonchev–Trinajstić information content (AvgIpc) is 2.53. The van der Waals surface area contributed by atoms with Gasteiger partial charge in [-0.2, -0.15) is 4.37 Å². The Bertz CT molecular complexity index is 422. The van der Waals surface area contributed by atoms with Crippen molar-refractivity contribution in [3.8, 4) is 10.4 Å². The molecule has 1 aromatic heterocycles. The van der Waals surface area contributed by atoms with Crippen molar-refractivity contribution in [2.75, 3.05) is 0 Å². The van der Waals surface area contributed by atoms with Gasteiger partial charge >= 0.3 is 0 Å². The minimum Gasteiger partial charge on any atom is -0.185 e. The molecule has 0 atom stereocenters. The minimum absolute atomic E-state index is 0.913. The molecular formula is C10H8BrNS. The molecule has 0 N–H and O–H groups in total. The van der Waals surface area contributed by atoms with E-state index in [1.165, 1.54) is 27.5 Å². The molecule has 0 saturated heterocycles. The Morgan fingerprint density at radius 2 is 2.08 bits per heavy atom. The molecule has 2 aromatic rings. The van der Waals surface area contributed by atoms with Crippen LogP contribution in [0, 0.1) is 6.92 Å². The van der Waals surface area contributed by atoms with Gasteiger partial charge in [0.05, 0.1) is 4.88 Å². The Morgan fingerprint density at radius 3 is 2.69 bits per heavy atom. The maximum Gasteiger partial charge on any atom is 0.120 e. The van der Waals surface area contributed by atoms with Crippen LogP contribution in [-0.4, -0.2) is 4.37 Å². The first-order valence-electron chi connectivity index (χ1n) is 3.95.